The number of benzene rings is 3. The molecule has 0 atom stereocenters. The first-order valence-electron chi connectivity index (χ1n) is 12.4. The van der Waals surface area contributed by atoms with Gasteiger partial charge < -0.3 is 19.4 Å². The standard InChI is InChI=1S/C30H33N3O3/c1-35-25-13-10-14-26(23-25)36-22-21-33-28-16-8-7-15-27(28)32-29(33)17-6-3-9-20-31-30(34)19-18-24-11-4-2-5-12-24/h2,4-5,7-8,10-16,18-19,23H,3,6,9,17,20-22H2,1H3,(H,31,34)/b19-18+. The molecule has 0 bridgehead atoms. The highest BCUT2D eigenvalue weighted by Crippen LogP contribution is 2.20. The maximum Gasteiger partial charge on any atom is 0.243 e. The molecule has 1 heterocycles. The highest BCUT2D eigenvalue weighted by Gasteiger charge is 2.10. The summed E-state index contributed by atoms with van der Waals surface area (Å²) < 4.78 is 13.5. The second-order valence-electron chi connectivity index (χ2n) is 8.54. The predicted octanol–water partition coefficient (Wildman–Crippen LogP) is 5.67. The lowest BCUT2D eigenvalue weighted by Crippen LogP contribution is -2.22. The summed E-state index contributed by atoms with van der Waals surface area (Å²) in [6, 6.07) is 25.7. The number of ether oxygens (including phenoxy) is 2. The fourth-order valence-electron chi connectivity index (χ4n) is 4.10. The van der Waals surface area contributed by atoms with E-state index in [2.05, 4.69) is 22.0 Å². The lowest BCUT2D eigenvalue weighted by atomic mass is 10.2. The van der Waals surface area contributed by atoms with Crippen LogP contribution in [0.4, 0.5) is 0 Å². The summed E-state index contributed by atoms with van der Waals surface area (Å²) in [5.74, 6) is 2.59. The van der Waals surface area contributed by atoms with Gasteiger partial charge in [-0.25, -0.2) is 4.98 Å². The Kier molecular flexibility index (Phi) is 9.14. The fourth-order valence-corrected chi connectivity index (χ4v) is 4.10. The summed E-state index contributed by atoms with van der Waals surface area (Å²) >= 11 is 0. The van der Waals surface area contributed by atoms with E-state index >= 15 is 0 Å². The molecule has 4 aromatic rings. The summed E-state index contributed by atoms with van der Waals surface area (Å²) in [6.07, 6.45) is 7.27. The molecule has 6 nitrogen and oxygen atoms in total. The number of unbranched alkanes of at least 4 members (excludes halogenated alkanes) is 2. The van der Waals surface area contributed by atoms with Crippen LogP contribution < -0.4 is 14.8 Å². The van der Waals surface area contributed by atoms with Crippen LogP contribution in [-0.4, -0.2) is 35.7 Å². The lowest BCUT2D eigenvalue weighted by Gasteiger charge is -2.11. The number of aromatic nitrogens is 2. The van der Waals surface area contributed by atoms with Crippen molar-refractivity contribution in [3.63, 3.8) is 0 Å². The zero-order chi connectivity index (χ0) is 25.0. The maximum absolute atomic E-state index is 12.0. The van der Waals surface area contributed by atoms with Crippen molar-refractivity contribution < 1.29 is 14.3 Å². The summed E-state index contributed by atoms with van der Waals surface area (Å²) in [5, 5.41) is 2.96. The van der Waals surface area contributed by atoms with E-state index in [-0.39, 0.29) is 5.91 Å². The molecule has 0 aliphatic rings. The molecule has 0 aliphatic carbocycles. The number of rotatable bonds is 13. The molecule has 0 unspecified atom stereocenters. The number of amides is 1. The molecular weight excluding hydrogens is 450 g/mol. The first kappa shape index (κ1) is 25.0. The van der Waals surface area contributed by atoms with E-state index in [1.165, 1.54) is 0 Å². The van der Waals surface area contributed by atoms with Gasteiger partial charge in [0.2, 0.25) is 5.91 Å². The molecular formula is C30H33N3O3. The Labute approximate surface area is 212 Å². The Bertz CT molecular complexity index is 1280. The van der Waals surface area contributed by atoms with Crippen LogP contribution in [0, 0.1) is 0 Å². The second kappa shape index (κ2) is 13.1. The third-order valence-electron chi connectivity index (χ3n) is 5.96. The van der Waals surface area contributed by atoms with Gasteiger partial charge in [0, 0.05) is 25.1 Å². The van der Waals surface area contributed by atoms with Crippen molar-refractivity contribution >= 4 is 23.0 Å². The molecule has 4 rings (SSSR count). The third-order valence-corrected chi connectivity index (χ3v) is 5.96. The van der Waals surface area contributed by atoms with E-state index in [1.54, 1.807) is 13.2 Å². The van der Waals surface area contributed by atoms with Crippen LogP contribution in [0.3, 0.4) is 0 Å². The van der Waals surface area contributed by atoms with E-state index in [1.807, 2.05) is 72.8 Å². The molecule has 1 aromatic heterocycles. The molecule has 0 fully saturated rings. The number of carbonyl (C=O) groups is 1. The average molecular weight is 484 g/mol. The van der Waals surface area contributed by atoms with E-state index in [0.717, 1.165) is 66.1 Å². The van der Waals surface area contributed by atoms with Gasteiger partial charge >= 0.3 is 0 Å². The van der Waals surface area contributed by atoms with Gasteiger partial charge in [-0.05, 0) is 48.7 Å². The Morgan fingerprint density at radius 2 is 1.75 bits per heavy atom. The van der Waals surface area contributed by atoms with Gasteiger partial charge in [-0.2, -0.15) is 0 Å². The van der Waals surface area contributed by atoms with Crippen LogP contribution in [0.2, 0.25) is 0 Å². The largest absolute Gasteiger partial charge is 0.497 e. The summed E-state index contributed by atoms with van der Waals surface area (Å²) in [4.78, 5) is 16.9. The average Bonchev–Trinajstić information content (AvgIpc) is 3.27. The lowest BCUT2D eigenvalue weighted by molar-refractivity contribution is -0.116. The molecule has 186 valence electrons. The number of nitrogens with zero attached hydrogens (tertiary/aromatic N) is 2. The minimum absolute atomic E-state index is 0.0586. The number of fused-ring (bicyclic) bond motifs is 1. The number of methoxy groups -OCH3 is 1. The topological polar surface area (TPSA) is 65.4 Å². The second-order valence-corrected chi connectivity index (χ2v) is 8.54. The Morgan fingerprint density at radius 1 is 0.944 bits per heavy atom. The van der Waals surface area contributed by atoms with Crippen molar-refractivity contribution in [3.8, 4) is 11.5 Å². The van der Waals surface area contributed by atoms with Gasteiger partial charge in [0.25, 0.3) is 0 Å². The molecule has 0 saturated carbocycles. The zero-order valence-corrected chi connectivity index (χ0v) is 20.7. The van der Waals surface area contributed by atoms with Gasteiger partial charge in [-0.3, -0.25) is 4.79 Å². The quantitative estimate of drug-likeness (QED) is 0.197. The van der Waals surface area contributed by atoms with Gasteiger partial charge in [-0.1, -0.05) is 55.0 Å². The Hall–Kier alpha value is -4.06. The number of imidazole rings is 1. The molecule has 0 spiro atoms. The van der Waals surface area contributed by atoms with Gasteiger partial charge in [0.15, 0.2) is 0 Å². The molecule has 0 radical (unpaired) electrons. The summed E-state index contributed by atoms with van der Waals surface area (Å²) in [5.41, 5.74) is 3.15. The molecule has 6 heteroatoms. The van der Waals surface area contributed by atoms with E-state index < -0.39 is 0 Å². The fraction of sp³-hybridized carbons (Fsp3) is 0.267. The molecule has 36 heavy (non-hydrogen) atoms. The molecule has 1 N–H and O–H groups in total. The Balaban J connectivity index is 1.24. The van der Waals surface area contributed by atoms with Gasteiger partial charge in [0.1, 0.15) is 23.9 Å². The molecule has 1 amide bonds. The van der Waals surface area contributed by atoms with E-state index in [4.69, 9.17) is 14.5 Å². The van der Waals surface area contributed by atoms with Gasteiger partial charge in [-0.15, -0.1) is 0 Å². The van der Waals surface area contributed by atoms with Crippen molar-refractivity contribution in [1.29, 1.82) is 0 Å². The van der Waals surface area contributed by atoms with Crippen LogP contribution in [0.15, 0.2) is 84.9 Å². The predicted molar refractivity (Wildman–Crippen MR) is 144 cm³/mol. The van der Waals surface area contributed by atoms with Crippen molar-refractivity contribution in [1.82, 2.24) is 14.9 Å². The van der Waals surface area contributed by atoms with Crippen molar-refractivity contribution in [2.75, 3.05) is 20.3 Å². The zero-order valence-electron chi connectivity index (χ0n) is 20.7. The first-order chi connectivity index (χ1) is 17.7. The number of para-hydroxylation sites is 2. The third kappa shape index (κ3) is 7.22. The SMILES string of the molecule is COc1cccc(OCCn2c(CCCCCNC(=O)/C=C/c3ccccc3)nc3ccccc32)c1. The maximum atomic E-state index is 12.0. The summed E-state index contributed by atoms with van der Waals surface area (Å²) in [7, 11) is 1.65. The first-order valence-corrected chi connectivity index (χ1v) is 12.4. The number of aryl methyl sites for hydroxylation is 1. The molecule has 0 saturated heterocycles. The van der Waals surface area contributed by atoms with Crippen molar-refractivity contribution in [2.45, 2.75) is 32.2 Å². The van der Waals surface area contributed by atoms with E-state index in [0.29, 0.717) is 13.2 Å². The van der Waals surface area contributed by atoms with E-state index in [9.17, 15) is 4.79 Å². The smallest absolute Gasteiger partial charge is 0.243 e. The minimum atomic E-state index is -0.0586. The van der Waals surface area contributed by atoms with Crippen LogP contribution >= 0.6 is 0 Å². The van der Waals surface area contributed by atoms with Crippen LogP contribution in [0.25, 0.3) is 17.1 Å². The monoisotopic (exact) mass is 483 g/mol. The van der Waals surface area contributed by atoms with Crippen molar-refractivity contribution in [2.24, 2.45) is 0 Å². The Morgan fingerprint density at radius 3 is 2.61 bits per heavy atom. The van der Waals surface area contributed by atoms with Crippen LogP contribution in [0.1, 0.15) is 30.7 Å². The molecule has 3 aromatic carbocycles. The molecule has 0 aliphatic heterocycles. The number of nitrogens with one attached hydrogen (secondary N) is 1. The van der Waals surface area contributed by atoms with Gasteiger partial charge in [0.05, 0.1) is 24.7 Å². The summed E-state index contributed by atoms with van der Waals surface area (Å²) in [6.45, 7) is 1.93. The number of hydrogen-bond acceptors (Lipinski definition) is 4. The van der Waals surface area contributed by atoms with Crippen LogP contribution in [-0.2, 0) is 17.8 Å². The normalized spacial score (nSPS) is 11.1. The number of hydrogen-bond donors (Lipinski definition) is 1. The highest BCUT2D eigenvalue weighted by atomic mass is 16.5. The minimum Gasteiger partial charge on any atom is -0.497 e. The van der Waals surface area contributed by atoms with Crippen molar-refractivity contribution in [3.05, 3.63) is 96.3 Å². The number of carbonyl (C=O) groups excluding carboxylic acids is 1. The highest BCUT2D eigenvalue weighted by molar-refractivity contribution is 5.91. The van der Waals surface area contributed by atoms with Crippen LogP contribution in [0.5, 0.6) is 11.5 Å².